The van der Waals surface area contributed by atoms with Gasteiger partial charge in [0.15, 0.2) is 5.84 Å². The second-order valence-corrected chi connectivity index (χ2v) is 6.69. The first kappa shape index (κ1) is 14.9. The summed E-state index contributed by atoms with van der Waals surface area (Å²) in [6, 6.07) is 14.8. The molecule has 4 rings (SSSR count). The quantitative estimate of drug-likeness (QED) is 0.762. The van der Waals surface area contributed by atoms with E-state index in [-0.39, 0.29) is 6.04 Å². The van der Waals surface area contributed by atoms with Gasteiger partial charge >= 0.3 is 0 Å². The van der Waals surface area contributed by atoms with Crippen LogP contribution >= 0.6 is 0 Å². The molecule has 4 heteroatoms. The third-order valence-electron chi connectivity index (χ3n) is 4.60. The van der Waals surface area contributed by atoms with Crippen molar-refractivity contribution in [1.29, 1.82) is 0 Å². The standard InChI is InChI=1S/C20H20N4/c1-12(2)19-16-9-8-14(10-17(16)23-24-19)20-21-11-18(22-20)15-7-5-4-6-13(15)3/h4-10,12,19H,11H2,1-3H3. The first-order valence-electron chi connectivity index (χ1n) is 8.36. The van der Waals surface area contributed by atoms with Crippen LogP contribution in [0.3, 0.4) is 0 Å². The Bertz CT molecular complexity index is 890. The number of nitrogens with zero attached hydrogens (tertiary/aromatic N) is 4. The van der Waals surface area contributed by atoms with Gasteiger partial charge in [0.2, 0.25) is 0 Å². The molecule has 24 heavy (non-hydrogen) atoms. The maximum Gasteiger partial charge on any atom is 0.155 e. The normalized spacial score (nSPS) is 18.8. The minimum Gasteiger partial charge on any atom is -0.260 e. The van der Waals surface area contributed by atoms with Crippen LogP contribution in [0.2, 0.25) is 0 Å². The van der Waals surface area contributed by atoms with Crippen LogP contribution in [-0.2, 0) is 0 Å². The molecular formula is C20H20N4. The van der Waals surface area contributed by atoms with E-state index in [2.05, 4.69) is 66.3 Å². The van der Waals surface area contributed by atoms with Crippen molar-refractivity contribution in [3.05, 3.63) is 64.7 Å². The van der Waals surface area contributed by atoms with Crippen molar-refractivity contribution >= 4 is 17.2 Å². The second-order valence-electron chi connectivity index (χ2n) is 6.69. The van der Waals surface area contributed by atoms with Gasteiger partial charge in [0.1, 0.15) is 6.04 Å². The molecule has 0 spiro atoms. The molecule has 1 unspecified atom stereocenters. The van der Waals surface area contributed by atoms with Gasteiger partial charge in [0.25, 0.3) is 0 Å². The molecule has 0 amide bonds. The Morgan fingerprint density at radius 2 is 1.92 bits per heavy atom. The van der Waals surface area contributed by atoms with Crippen molar-refractivity contribution in [2.45, 2.75) is 26.8 Å². The average molecular weight is 316 g/mol. The number of hydrogen-bond donors (Lipinski definition) is 0. The number of aliphatic imine (C=N–C) groups is 2. The number of benzene rings is 2. The van der Waals surface area contributed by atoms with Crippen LogP contribution in [0, 0.1) is 12.8 Å². The fraction of sp³-hybridized carbons (Fsp3) is 0.300. The molecule has 1 atom stereocenters. The lowest BCUT2D eigenvalue weighted by molar-refractivity contribution is 0.515. The van der Waals surface area contributed by atoms with E-state index in [0.29, 0.717) is 12.5 Å². The van der Waals surface area contributed by atoms with E-state index >= 15 is 0 Å². The summed E-state index contributed by atoms with van der Waals surface area (Å²) in [5.41, 5.74) is 6.61. The smallest absolute Gasteiger partial charge is 0.155 e. The summed E-state index contributed by atoms with van der Waals surface area (Å²) >= 11 is 0. The van der Waals surface area contributed by atoms with Gasteiger partial charge in [0.05, 0.1) is 17.9 Å². The number of rotatable bonds is 3. The van der Waals surface area contributed by atoms with E-state index < -0.39 is 0 Å². The summed E-state index contributed by atoms with van der Waals surface area (Å²) in [6.45, 7) is 7.09. The highest BCUT2D eigenvalue weighted by Crippen LogP contribution is 2.40. The number of fused-ring (bicyclic) bond motifs is 1. The zero-order chi connectivity index (χ0) is 16.7. The third-order valence-corrected chi connectivity index (χ3v) is 4.60. The molecule has 2 aliphatic heterocycles. The maximum atomic E-state index is 4.76. The van der Waals surface area contributed by atoms with Crippen LogP contribution < -0.4 is 0 Å². The Morgan fingerprint density at radius 3 is 2.71 bits per heavy atom. The summed E-state index contributed by atoms with van der Waals surface area (Å²) in [6.07, 6.45) is 0. The largest absolute Gasteiger partial charge is 0.260 e. The Hall–Kier alpha value is -2.62. The topological polar surface area (TPSA) is 49.4 Å². The van der Waals surface area contributed by atoms with Gasteiger partial charge < -0.3 is 0 Å². The highest BCUT2D eigenvalue weighted by Gasteiger charge is 2.24. The highest BCUT2D eigenvalue weighted by molar-refractivity contribution is 6.17. The molecule has 0 radical (unpaired) electrons. The molecular weight excluding hydrogens is 296 g/mol. The van der Waals surface area contributed by atoms with Crippen LogP contribution in [0.1, 0.15) is 42.1 Å². The average Bonchev–Trinajstić information content (AvgIpc) is 3.21. The van der Waals surface area contributed by atoms with Crippen molar-refractivity contribution < 1.29 is 0 Å². The van der Waals surface area contributed by atoms with E-state index in [1.807, 2.05) is 12.1 Å². The van der Waals surface area contributed by atoms with Gasteiger partial charge in [-0.3, -0.25) is 4.99 Å². The third kappa shape index (κ3) is 2.48. The van der Waals surface area contributed by atoms with Crippen molar-refractivity contribution in [1.82, 2.24) is 0 Å². The Kier molecular flexibility index (Phi) is 3.60. The molecule has 0 aromatic heterocycles. The lowest BCUT2D eigenvalue weighted by Gasteiger charge is -2.11. The Labute approximate surface area is 142 Å². The Morgan fingerprint density at radius 1 is 1.08 bits per heavy atom. The monoisotopic (exact) mass is 316 g/mol. The molecule has 0 N–H and O–H groups in total. The summed E-state index contributed by atoms with van der Waals surface area (Å²) < 4.78 is 0. The highest BCUT2D eigenvalue weighted by atomic mass is 15.2. The molecule has 0 bridgehead atoms. The molecule has 4 nitrogen and oxygen atoms in total. The van der Waals surface area contributed by atoms with Crippen molar-refractivity contribution in [2.75, 3.05) is 6.54 Å². The van der Waals surface area contributed by atoms with Crippen LogP contribution in [0.4, 0.5) is 5.69 Å². The fourth-order valence-corrected chi connectivity index (χ4v) is 3.24. The molecule has 2 heterocycles. The van der Waals surface area contributed by atoms with Crippen LogP contribution in [0.15, 0.2) is 62.7 Å². The first-order chi connectivity index (χ1) is 11.6. The molecule has 0 saturated carbocycles. The van der Waals surface area contributed by atoms with Gasteiger partial charge in [0, 0.05) is 16.7 Å². The van der Waals surface area contributed by atoms with Gasteiger partial charge in [-0.1, -0.05) is 50.2 Å². The van der Waals surface area contributed by atoms with Crippen LogP contribution in [-0.4, -0.2) is 18.1 Å². The molecule has 2 aliphatic rings. The molecule has 0 fully saturated rings. The van der Waals surface area contributed by atoms with E-state index in [0.717, 1.165) is 22.8 Å². The molecule has 2 aromatic rings. The predicted molar refractivity (Wildman–Crippen MR) is 97.7 cm³/mol. The molecule has 0 aliphatic carbocycles. The summed E-state index contributed by atoms with van der Waals surface area (Å²) in [5, 5.41) is 8.74. The van der Waals surface area contributed by atoms with Crippen molar-refractivity contribution in [2.24, 2.45) is 26.1 Å². The lowest BCUT2D eigenvalue weighted by Crippen LogP contribution is -2.04. The van der Waals surface area contributed by atoms with Gasteiger partial charge in [-0.05, 0) is 24.5 Å². The van der Waals surface area contributed by atoms with Crippen molar-refractivity contribution in [3.63, 3.8) is 0 Å². The molecule has 0 saturated heterocycles. The van der Waals surface area contributed by atoms with Crippen LogP contribution in [0.25, 0.3) is 0 Å². The lowest BCUT2D eigenvalue weighted by atomic mass is 9.95. The van der Waals surface area contributed by atoms with Crippen molar-refractivity contribution in [3.8, 4) is 0 Å². The van der Waals surface area contributed by atoms with E-state index in [9.17, 15) is 0 Å². The Balaban J connectivity index is 1.65. The maximum absolute atomic E-state index is 4.76. The summed E-state index contributed by atoms with van der Waals surface area (Å²) in [5.74, 6) is 1.25. The van der Waals surface area contributed by atoms with E-state index in [1.165, 1.54) is 16.7 Å². The zero-order valence-corrected chi connectivity index (χ0v) is 14.2. The zero-order valence-electron chi connectivity index (χ0n) is 14.2. The minimum atomic E-state index is 0.172. The van der Waals surface area contributed by atoms with E-state index in [1.54, 1.807) is 0 Å². The second kappa shape index (κ2) is 5.78. The van der Waals surface area contributed by atoms with Gasteiger partial charge in [-0.25, -0.2) is 4.99 Å². The minimum absolute atomic E-state index is 0.172. The fourth-order valence-electron chi connectivity index (χ4n) is 3.24. The van der Waals surface area contributed by atoms with Crippen LogP contribution in [0.5, 0.6) is 0 Å². The SMILES string of the molecule is Cc1ccccc1C1=NC(c2ccc3c(c2)N=NC3C(C)C)=NC1. The number of azo groups is 1. The number of amidine groups is 1. The van der Waals surface area contributed by atoms with Gasteiger partial charge in [-0.2, -0.15) is 10.2 Å². The molecule has 2 aromatic carbocycles. The number of hydrogen-bond acceptors (Lipinski definition) is 4. The summed E-state index contributed by atoms with van der Waals surface area (Å²) in [4.78, 5) is 9.39. The summed E-state index contributed by atoms with van der Waals surface area (Å²) in [7, 11) is 0. The van der Waals surface area contributed by atoms with Gasteiger partial charge in [-0.15, -0.1) is 0 Å². The predicted octanol–water partition coefficient (Wildman–Crippen LogP) is 5.04. The molecule has 120 valence electrons. The van der Waals surface area contributed by atoms with E-state index in [4.69, 9.17) is 4.99 Å². The number of aryl methyl sites for hydroxylation is 1. The first-order valence-corrected chi connectivity index (χ1v) is 8.36.